The smallest absolute Gasteiger partial charge is 0.264 e. The number of alkyl halides is 2. The van der Waals surface area contributed by atoms with Crippen LogP contribution in [0.1, 0.15) is 22.3 Å². The van der Waals surface area contributed by atoms with Crippen molar-refractivity contribution in [3.63, 3.8) is 0 Å². The number of anilines is 1. The lowest BCUT2D eigenvalue weighted by atomic mass is 10.1. The monoisotopic (exact) mass is 172 g/mol. The molecular weight excluding hydrogens is 166 g/mol. The van der Waals surface area contributed by atoms with E-state index in [1.165, 1.54) is 0 Å². The lowest BCUT2D eigenvalue weighted by Crippen LogP contribution is -1.98. The topological polar surface area (TPSA) is 56.0 Å². The number of nitrogen functional groups attached to an aromatic ring is 1. The standard InChI is InChI=1S/C7H6F2N2O/c8-7(9)5-1-6(10)11-2-4(5)3-12/h1-3,7H,(H2,10,11). The van der Waals surface area contributed by atoms with Crippen molar-refractivity contribution in [2.24, 2.45) is 0 Å². The molecule has 5 heteroatoms. The molecule has 0 spiro atoms. The van der Waals surface area contributed by atoms with Gasteiger partial charge in [0.25, 0.3) is 6.43 Å². The zero-order valence-corrected chi connectivity index (χ0v) is 6.00. The molecule has 0 atom stereocenters. The summed E-state index contributed by atoms with van der Waals surface area (Å²) in [6.07, 6.45) is -1.34. The van der Waals surface area contributed by atoms with Crippen LogP contribution in [0, 0.1) is 0 Å². The zero-order chi connectivity index (χ0) is 9.14. The van der Waals surface area contributed by atoms with E-state index in [4.69, 9.17) is 5.73 Å². The van der Waals surface area contributed by atoms with Crippen LogP contribution in [-0.2, 0) is 0 Å². The van der Waals surface area contributed by atoms with Gasteiger partial charge in [0.1, 0.15) is 5.82 Å². The van der Waals surface area contributed by atoms with E-state index < -0.39 is 6.43 Å². The molecule has 1 rings (SSSR count). The number of aromatic nitrogens is 1. The molecule has 0 amide bonds. The minimum absolute atomic E-state index is 0.0177. The molecule has 0 unspecified atom stereocenters. The second kappa shape index (κ2) is 3.25. The Morgan fingerprint density at radius 1 is 1.58 bits per heavy atom. The van der Waals surface area contributed by atoms with Gasteiger partial charge in [0.05, 0.1) is 0 Å². The lowest BCUT2D eigenvalue weighted by molar-refractivity contribution is 0.110. The number of aldehydes is 1. The second-order valence-electron chi connectivity index (χ2n) is 2.16. The van der Waals surface area contributed by atoms with Crippen LogP contribution in [0.15, 0.2) is 12.3 Å². The number of carbonyl (C=O) groups is 1. The molecule has 2 N–H and O–H groups in total. The fourth-order valence-corrected chi connectivity index (χ4v) is 0.786. The molecule has 1 aromatic heterocycles. The van der Waals surface area contributed by atoms with Gasteiger partial charge in [-0.3, -0.25) is 4.79 Å². The molecule has 3 nitrogen and oxygen atoms in total. The van der Waals surface area contributed by atoms with Gasteiger partial charge in [-0.25, -0.2) is 13.8 Å². The first-order chi connectivity index (χ1) is 5.65. The lowest BCUT2D eigenvalue weighted by Gasteiger charge is -2.02. The van der Waals surface area contributed by atoms with Crippen molar-refractivity contribution in [2.75, 3.05) is 5.73 Å². The molecule has 1 aromatic rings. The van der Waals surface area contributed by atoms with Gasteiger partial charge < -0.3 is 5.73 Å². The number of nitrogens with two attached hydrogens (primary N) is 1. The minimum atomic E-state index is -2.70. The van der Waals surface area contributed by atoms with Crippen LogP contribution in [0.2, 0.25) is 0 Å². The second-order valence-corrected chi connectivity index (χ2v) is 2.16. The van der Waals surface area contributed by atoms with Crippen molar-refractivity contribution < 1.29 is 13.6 Å². The highest BCUT2D eigenvalue weighted by Crippen LogP contribution is 2.22. The van der Waals surface area contributed by atoms with Gasteiger partial charge in [0.15, 0.2) is 6.29 Å². The summed E-state index contributed by atoms with van der Waals surface area (Å²) >= 11 is 0. The Balaban J connectivity index is 3.21. The SMILES string of the molecule is Nc1cc(C(F)F)c(C=O)cn1. The van der Waals surface area contributed by atoms with Gasteiger partial charge in [-0.2, -0.15) is 0 Å². The third-order valence-corrected chi connectivity index (χ3v) is 1.35. The Labute approximate surface area is 67.2 Å². The van der Waals surface area contributed by atoms with E-state index in [0.29, 0.717) is 6.29 Å². The van der Waals surface area contributed by atoms with Gasteiger partial charge in [0, 0.05) is 17.3 Å². The fourth-order valence-electron chi connectivity index (χ4n) is 0.786. The molecule has 1 heterocycles. The molecule has 0 saturated carbocycles. The Bertz CT molecular complexity index is 301. The van der Waals surface area contributed by atoms with E-state index in [2.05, 4.69) is 4.98 Å². The third-order valence-electron chi connectivity index (χ3n) is 1.35. The zero-order valence-electron chi connectivity index (χ0n) is 6.00. The fraction of sp³-hybridized carbons (Fsp3) is 0.143. The van der Waals surface area contributed by atoms with E-state index in [1.54, 1.807) is 0 Å². The van der Waals surface area contributed by atoms with Gasteiger partial charge in [0.2, 0.25) is 0 Å². The number of nitrogens with zero attached hydrogens (tertiary/aromatic N) is 1. The molecular formula is C7H6F2N2O. The predicted octanol–water partition coefficient (Wildman–Crippen LogP) is 1.41. The Morgan fingerprint density at radius 3 is 2.75 bits per heavy atom. The Morgan fingerprint density at radius 2 is 2.25 bits per heavy atom. The van der Waals surface area contributed by atoms with E-state index in [0.717, 1.165) is 12.3 Å². The van der Waals surface area contributed by atoms with Crippen LogP contribution in [0.4, 0.5) is 14.6 Å². The predicted molar refractivity (Wildman–Crippen MR) is 39.0 cm³/mol. The highest BCUT2D eigenvalue weighted by molar-refractivity contribution is 5.77. The van der Waals surface area contributed by atoms with Crippen LogP contribution >= 0.6 is 0 Å². The normalized spacial score (nSPS) is 10.2. The van der Waals surface area contributed by atoms with Crippen LogP contribution in [0.3, 0.4) is 0 Å². The van der Waals surface area contributed by atoms with Crippen molar-refractivity contribution in [1.29, 1.82) is 0 Å². The van der Waals surface area contributed by atoms with Crippen LogP contribution < -0.4 is 5.73 Å². The van der Waals surface area contributed by atoms with E-state index >= 15 is 0 Å². The number of hydrogen-bond acceptors (Lipinski definition) is 3. The molecule has 0 radical (unpaired) electrons. The van der Waals surface area contributed by atoms with Crippen molar-refractivity contribution in [2.45, 2.75) is 6.43 Å². The molecule has 12 heavy (non-hydrogen) atoms. The first-order valence-electron chi connectivity index (χ1n) is 3.14. The van der Waals surface area contributed by atoms with Gasteiger partial charge in [-0.05, 0) is 6.07 Å². The van der Waals surface area contributed by atoms with Gasteiger partial charge in [-0.1, -0.05) is 0 Å². The molecule has 0 aliphatic heterocycles. The Hall–Kier alpha value is -1.52. The summed E-state index contributed by atoms with van der Waals surface area (Å²) in [5, 5.41) is 0. The van der Waals surface area contributed by atoms with Crippen molar-refractivity contribution in [3.05, 3.63) is 23.4 Å². The van der Waals surface area contributed by atoms with Gasteiger partial charge >= 0.3 is 0 Å². The summed E-state index contributed by atoms with van der Waals surface area (Å²) in [6.45, 7) is 0. The number of pyridine rings is 1. The molecule has 0 saturated heterocycles. The van der Waals surface area contributed by atoms with Gasteiger partial charge in [-0.15, -0.1) is 0 Å². The first kappa shape index (κ1) is 8.58. The summed E-state index contributed by atoms with van der Waals surface area (Å²) in [6, 6.07) is 0.994. The number of rotatable bonds is 2. The number of hydrogen-bond donors (Lipinski definition) is 1. The summed E-state index contributed by atoms with van der Waals surface area (Å²) in [5.41, 5.74) is 4.66. The van der Waals surface area contributed by atoms with Crippen molar-refractivity contribution in [1.82, 2.24) is 4.98 Å². The maximum Gasteiger partial charge on any atom is 0.264 e. The Kier molecular flexibility index (Phi) is 2.32. The van der Waals surface area contributed by atoms with E-state index in [9.17, 15) is 13.6 Å². The highest BCUT2D eigenvalue weighted by atomic mass is 19.3. The largest absolute Gasteiger partial charge is 0.384 e. The van der Waals surface area contributed by atoms with Crippen LogP contribution in [-0.4, -0.2) is 11.3 Å². The van der Waals surface area contributed by atoms with Crippen LogP contribution in [0.5, 0.6) is 0 Å². The molecule has 64 valence electrons. The number of carbonyl (C=O) groups excluding carboxylic acids is 1. The summed E-state index contributed by atoms with van der Waals surface area (Å²) in [5.74, 6) is -0.0177. The first-order valence-corrected chi connectivity index (χ1v) is 3.14. The third kappa shape index (κ3) is 1.55. The summed E-state index contributed by atoms with van der Waals surface area (Å²) in [7, 11) is 0. The maximum absolute atomic E-state index is 12.2. The summed E-state index contributed by atoms with van der Waals surface area (Å²) < 4.78 is 24.3. The molecule has 0 aliphatic carbocycles. The highest BCUT2D eigenvalue weighted by Gasteiger charge is 2.12. The van der Waals surface area contributed by atoms with Crippen LogP contribution in [0.25, 0.3) is 0 Å². The van der Waals surface area contributed by atoms with Crippen molar-refractivity contribution >= 4 is 12.1 Å². The molecule has 0 fully saturated rings. The summed E-state index contributed by atoms with van der Waals surface area (Å²) in [4.78, 5) is 13.7. The quantitative estimate of drug-likeness (QED) is 0.686. The average molecular weight is 172 g/mol. The van der Waals surface area contributed by atoms with E-state index in [1.807, 2.05) is 0 Å². The molecule has 0 aromatic carbocycles. The maximum atomic E-state index is 12.2. The molecule has 0 bridgehead atoms. The van der Waals surface area contributed by atoms with E-state index in [-0.39, 0.29) is 16.9 Å². The minimum Gasteiger partial charge on any atom is -0.384 e. The molecule has 0 aliphatic rings. The van der Waals surface area contributed by atoms with Crippen molar-refractivity contribution in [3.8, 4) is 0 Å². The number of halogens is 2. The average Bonchev–Trinajstić information content (AvgIpc) is 2.04.